The fraction of sp³-hybridized carbons (Fsp3) is 0.167. The lowest BCUT2D eigenvalue weighted by molar-refractivity contribution is 0.490. The predicted octanol–water partition coefficient (Wildman–Crippen LogP) is 1.70. The molecule has 44 valence electrons. The molecule has 0 aliphatic carbocycles. The molecule has 0 amide bonds. The molecule has 0 bridgehead atoms. The van der Waals surface area contributed by atoms with E-state index in [9.17, 15) is 0 Å². The summed E-state index contributed by atoms with van der Waals surface area (Å²) in [5, 5.41) is 6.42. The van der Waals surface area contributed by atoms with Crippen molar-refractivity contribution in [2.24, 2.45) is 0 Å². The van der Waals surface area contributed by atoms with Gasteiger partial charge in [-0.25, -0.2) is 0 Å². The van der Waals surface area contributed by atoms with Gasteiger partial charge in [0.15, 0.2) is 6.40 Å². The molecular formula is C6H9NO. The zero-order valence-corrected chi connectivity index (χ0v) is 4.79. The summed E-state index contributed by atoms with van der Waals surface area (Å²) in [4.78, 5) is 0. The Morgan fingerprint density at radius 1 is 1.38 bits per heavy atom. The molecule has 0 rings (SSSR count). The van der Waals surface area contributed by atoms with Gasteiger partial charge in [-0.15, -0.1) is 0 Å². The van der Waals surface area contributed by atoms with E-state index in [1.165, 1.54) is 6.26 Å². The Hall–Kier alpha value is -1.05. The number of rotatable bonds is 3. The molecule has 2 heteroatoms. The van der Waals surface area contributed by atoms with Gasteiger partial charge in [0.05, 0.1) is 6.26 Å². The summed E-state index contributed by atoms with van der Waals surface area (Å²) >= 11 is 0. The lowest BCUT2D eigenvalue weighted by Crippen LogP contribution is -1.68. The summed E-state index contributed by atoms with van der Waals surface area (Å²) in [5.41, 5.74) is 0. The van der Waals surface area contributed by atoms with Crippen molar-refractivity contribution in [3.63, 3.8) is 0 Å². The maximum atomic E-state index is 6.42. The maximum absolute atomic E-state index is 6.42. The zero-order valence-electron chi connectivity index (χ0n) is 4.79. The largest absolute Gasteiger partial charge is 0.454 e. The molecule has 0 saturated carbocycles. The van der Waals surface area contributed by atoms with E-state index < -0.39 is 0 Å². The van der Waals surface area contributed by atoms with Crippen LogP contribution in [0.15, 0.2) is 24.5 Å². The van der Waals surface area contributed by atoms with Crippen LogP contribution in [0.1, 0.15) is 6.92 Å². The maximum Gasteiger partial charge on any atom is 0.172 e. The third-order valence-corrected chi connectivity index (χ3v) is 0.529. The van der Waals surface area contributed by atoms with Crippen LogP contribution in [-0.4, -0.2) is 6.40 Å². The van der Waals surface area contributed by atoms with Crippen LogP contribution in [0.2, 0.25) is 0 Å². The van der Waals surface area contributed by atoms with Crippen molar-refractivity contribution in [2.75, 3.05) is 0 Å². The smallest absolute Gasteiger partial charge is 0.172 e. The van der Waals surface area contributed by atoms with Gasteiger partial charge in [0.1, 0.15) is 0 Å². The average Bonchev–Trinajstić information content (AvgIpc) is 1.81. The molecule has 0 aromatic carbocycles. The van der Waals surface area contributed by atoms with Gasteiger partial charge in [-0.2, -0.15) is 0 Å². The van der Waals surface area contributed by atoms with Crippen LogP contribution in [0.3, 0.4) is 0 Å². The zero-order chi connectivity index (χ0) is 6.24. The molecule has 0 aliphatic heterocycles. The molecule has 0 radical (unpaired) electrons. The summed E-state index contributed by atoms with van der Waals surface area (Å²) in [6.07, 6.45) is 7.73. The van der Waals surface area contributed by atoms with Crippen molar-refractivity contribution in [1.29, 1.82) is 5.41 Å². The first kappa shape index (κ1) is 6.95. The van der Waals surface area contributed by atoms with Crippen molar-refractivity contribution in [1.82, 2.24) is 0 Å². The second-order valence-electron chi connectivity index (χ2n) is 1.11. The molecular weight excluding hydrogens is 102 g/mol. The van der Waals surface area contributed by atoms with Gasteiger partial charge < -0.3 is 4.74 Å². The number of hydrogen-bond donors (Lipinski definition) is 1. The number of ether oxygens (including phenoxy) is 1. The Kier molecular flexibility index (Phi) is 5.17. The topological polar surface area (TPSA) is 33.1 Å². The summed E-state index contributed by atoms with van der Waals surface area (Å²) in [5.74, 6) is 0. The highest BCUT2D eigenvalue weighted by molar-refractivity contribution is 5.42. The van der Waals surface area contributed by atoms with Crippen LogP contribution in [0.4, 0.5) is 0 Å². The minimum atomic E-state index is 0.875. The van der Waals surface area contributed by atoms with Crippen LogP contribution >= 0.6 is 0 Å². The van der Waals surface area contributed by atoms with E-state index in [2.05, 4.69) is 4.74 Å². The quantitative estimate of drug-likeness (QED) is 0.256. The van der Waals surface area contributed by atoms with Gasteiger partial charge in [-0.3, -0.25) is 5.41 Å². The third-order valence-electron chi connectivity index (χ3n) is 0.529. The van der Waals surface area contributed by atoms with Crippen LogP contribution in [0.5, 0.6) is 0 Å². The highest BCUT2D eigenvalue weighted by Crippen LogP contribution is 1.75. The van der Waals surface area contributed by atoms with Gasteiger partial charge in [0.25, 0.3) is 0 Å². The van der Waals surface area contributed by atoms with Gasteiger partial charge in [-0.05, 0) is 13.0 Å². The predicted molar refractivity (Wildman–Crippen MR) is 33.8 cm³/mol. The minimum absolute atomic E-state index is 0.875. The highest BCUT2D eigenvalue weighted by Gasteiger charge is 1.59. The fourth-order valence-corrected chi connectivity index (χ4v) is 0.241. The summed E-state index contributed by atoms with van der Waals surface area (Å²) in [6, 6.07) is 0. The Morgan fingerprint density at radius 3 is 2.62 bits per heavy atom. The van der Waals surface area contributed by atoms with Gasteiger partial charge in [0, 0.05) is 0 Å². The SMILES string of the molecule is C/C=C/C=C/OC=N. The van der Waals surface area contributed by atoms with Gasteiger partial charge >= 0.3 is 0 Å². The third kappa shape index (κ3) is 4.95. The molecule has 0 unspecified atom stereocenters. The van der Waals surface area contributed by atoms with E-state index >= 15 is 0 Å². The molecule has 0 aromatic heterocycles. The van der Waals surface area contributed by atoms with Crippen LogP contribution < -0.4 is 0 Å². The highest BCUT2D eigenvalue weighted by atomic mass is 16.5. The summed E-state index contributed by atoms with van der Waals surface area (Å²) < 4.78 is 4.45. The normalized spacial score (nSPS) is 10.6. The molecule has 0 atom stereocenters. The number of hydrogen-bond acceptors (Lipinski definition) is 2. The van der Waals surface area contributed by atoms with E-state index in [-0.39, 0.29) is 0 Å². The van der Waals surface area contributed by atoms with Crippen molar-refractivity contribution in [3.8, 4) is 0 Å². The van der Waals surface area contributed by atoms with Crippen LogP contribution in [-0.2, 0) is 4.74 Å². The lowest BCUT2D eigenvalue weighted by Gasteiger charge is -1.79. The van der Waals surface area contributed by atoms with Crippen molar-refractivity contribution in [2.45, 2.75) is 6.92 Å². The van der Waals surface area contributed by atoms with Gasteiger partial charge in [0.2, 0.25) is 0 Å². The van der Waals surface area contributed by atoms with E-state index in [0.29, 0.717) is 0 Å². The molecule has 0 aromatic rings. The van der Waals surface area contributed by atoms with Crippen molar-refractivity contribution in [3.05, 3.63) is 24.5 Å². The standard InChI is InChI=1S/C6H9NO/c1-2-3-4-5-8-6-7/h2-7H,1H3/b3-2+,5-4+,7-6?. The van der Waals surface area contributed by atoms with E-state index in [1.807, 2.05) is 19.1 Å². The molecule has 0 heterocycles. The first-order chi connectivity index (χ1) is 3.91. The molecule has 8 heavy (non-hydrogen) atoms. The lowest BCUT2D eigenvalue weighted by atomic mass is 10.5. The number of allylic oxidation sites excluding steroid dienone is 3. The molecule has 0 spiro atoms. The summed E-state index contributed by atoms with van der Waals surface area (Å²) in [7, 11) is 0. The fourth-order valence-electron chi connectivity index (χ4n) is 0.241. The van der Waals surface area contributed by atoms with E-state index in [4.69, 9.17) is 5.41 Å². The first-order valence-corrected chi connectivity index (χ1v) is 2.34. The number of nitrogens with one attached hydrogen (secondary N) is 1. The van der Waals surface area contributed by atoms with Crippen molar-refractivity contribution < 1.29 is 4.74 Å². The second kappa shape index (κ2) is 5.95. The molecule has 1 N–H and O–H groups in total. The first-order valence-electron chi connectivity index (χ1n) is 2.34. The average molecular weight is 111 g/mol. The molecule has 0 fully saturated rings. The molecule has 0 saturated heterocycles. The van der Waals surface area contributed by atoms with Gasteiger partial charge in [-0.1, -0.05) is 12.2 Å². The van der Waals surface area contributed by atoms with Crippen LogP contribution in [0.25, 0.3) is 0 Å². The molecule has 0 aliphatic rings. The van der Waals surface area contributed by atoms with E-state index in [0.717, 1.165) is 6.40 Å². The summed E-state index contributed by atoms with van der Waals surface area (Å²) in [6.45, 7) is 1.91. The monoisotopic (exact) mass is 111 g/mol. The second-order valence-corrected chi connectivity index (χ2v) is 1.11. The molecule has 2 nitrogen and oxygen atoms in total. The minimum Gasteiger partial charge on any atom is -0.454 e. The Morgan fingerprint density at radius 2 is 2.12 bits per heavy atom. The van der Waals surface area contributed by atoms with Crippen LogP contribution in [0, 0.1) is 5.41 Å². The van der Waals surface area contributed by atoms with E-state index in [1.54, 1.807) is 6.08 Å². The Labute approximate surface area is 49.0 Å². The Bertz CT molecular complexity index is 105. The Balaban J connectivity index is 3.19. The van der Waals surface area contributed by atoms with Crippen molar-refractivity contribution >= 4 is 6.40 Å².